The van der Waals surface area contributed by atoms with Crippen molar-refractivity contribution in [2.75, 3.05) is 0 Å². The molecule has 3 aromatic carbocycles. The van der Waals surface area contributed by atoms with Crippen LogP contribution in [-0.2, 0) is 10.8 Å². The number of hydrogen-bond donors (Lipinski definition) is 0. The second-order valence-electron chi connectivity index (χ2n) is 18.8. The molecule has 2 heterocycles. The molecule has 0 fully saturated rings. The molecule has 0 bridgehead atoms. The predicted octanol–water partition coefficient (Wildman–Crippen LogP) is 17.0. The van der Waals surface area contributed by atoms with Gasteiger partial charge in [-0.2, -0.15) is 0 Å². The first-order valence-corrected chi connectivity index (χ1v) is 29.4. The summed E-state index contributed by atoms with van der Waals surface area (Å²) in [5, 5.41) is 0. The van der Waals surface area contributed by atoms with Crippen molar-refractivity contribution in [3.8, 4) is 22.3 Å². The van der Waals surface area contributed by atoms with Crippen molar-refractivity contribution in [2.45, 2.75) is 218 Å². The molecule has 338 valence electrons. The molecule has 4 nitrogen and oxygen atoms in total. The molecule has 0 atom stereocenters. The normalized spacial score (nSPS) is 14.6. The van der Waals surface area contributed by atoms with Crippen LogP contribution >= 0.6 is 31.9 Å². The summed E-state index contributed by atoms with van der Waals surface area (Å²) in [6, 6.07) is 4.43. The van der Waals surface area contributed by atoms with Crippen molar-refractivity contribution >= 4 is 83.9 Å². The Kier molecular flexibility index (Phi) is 18.0. The van der Waals surface area contributed by atoms with E-state index in [0.29, 0.717) is 22.3 Å². The van der Waals surface area contributed by atoms with E-state index in [2.05, 4.69) is 71.7 Å². The molecular formula is C52H70Br2F2N4Se2. The van der Waals surface area contributed by atoms with Crippen LogP contribution in [0.15, 0.2) is 21.1 Å². The van der Waals surface area contributed by atoms with Crippen molar-refractivity contribution in [1.82, 2.24) is 15.9 Å². The fourth-order valence-electron chi connectivity index (χ4n) is 11.5. The third-order valence-corrected chi connectivity index (χ3v) is 18.1. The van der Waals surface area contributed by atoms with E-state index in [4.69, 9.17) is 15.9 Å². The summed E-state index contributed by atoms with van der Waals surface area (Å²) in [4.78, 5) is 0. The average molecular weight is 1110 g/mol. The van der Waals surface area contributed by atoms with Crippen molar-refractivity contribution in [3.63, 3.8) is 0 Å². The molecule has 62 heavy (non-hydrogen) atoms. The zero-order valence-electron chi connectivity index (χ0n) is 38.1. The molecule has 0 radical (unpaired) electrons. The van der Waals surface area contributed by atoms with Gasteiger partial charge < -0.3 is 0 Å². The molecule has 0 spiro atoms. The van der Waals surface area contributed by atoms with E-state index in [1.54, 1.807) is 0 Å². The Morgan fingerprint density at radius 1 is 0.403 bits per heavy atom. The molecule has 0 saturated carbocycles. The van der Waals surface area contributed by atoms with Gasteiger partial charge in [0.15, 0.2) is 0 Å². The van der Waals surface area contributed by atoms with Crippen LogP contribution in [0.2, 0.25) is 0 Å². The van der Waals surface area contributed by atoms with Crippen LogP contribution in [0.25, 0.3) is 44.3 Å². The van der Waals surface area contributed by atoms with Crippen LogP contribution in [0.1, 0.15) is 230 Å². The van der Waals surface area contributed by atoms with Gasteiger partial charge in [0.25, 0.3) is 0 Å². The van der Waals surface area contributed by atoms with E-state index >= 15 is 8.78 Å². The summed E-state index contributed by atoms with van der Waals surface area (Å²) in [7, 11) is 0. The summed E-state index contributed by atoms with van der Waals surface area (Å²) in [6.07, 6.45) is 30.8. The van der Waals surface area contributed by atoms with Crippen molar-refractivity contribution in [2.24, 2.45) is 0 Å². The van der Waals surface area contributed by atoms with Gasteiger partial charge in [-0.25, -0.2) is 0 Å². The van der Waals surface area contributed by atoms with Gasteiger partial charge in [-0.1, -0.05) is 27.7 Å². The topological polar surface area (TPSA) is 51.6 Å². The quantitative estimate of drug-likeness (QED) is 0.0370. The Labute approximate surface area is 401 Å². The van der Waals surface area contributed by atoms with Gasteiger partial charge in [0.1, 0.15) is 0 Å². The molecule has 5 aromatic rings. The van der Waals surface area contributed by atoms with E-state index in [1.807, 2.05) is 0 Å². The molecule has 0 aliphatic heterocycles. The molecule has 2 aliphatic rings. The first-order valence-electron chi connectivity index (χ1n) is 24.8. The second kappa shape index (κ2) is 23.0. The van der Waals surface area contributed by atoms with Crippen LogP contribution in [0.5, 0.6) is 0 Å². The number of hydrogen-bond acceptors (Lipinski definition) is 4. The molecule has 0 amide bonds. The summed E-state index contributed by atoms with van der Waals surface area (Å²) in [5.74, 6) is -0.411. The third kappa shape index (κ3) is 9.60. The summed E-state index contributed by atoms with van der Waals surface area (Å²) < 4.78 is 60.2. The van der Waals surface area contributed by atoms with Gasteiger partial charge in [0, 0.05) is 0 Å². The number of halogens is 4. The first-order chi connectivity index (χ1) is 30.3. The Morgan fingerprint density at radius 2 is 0.677 bits per heavy atom. The monoisotopic (exact) mass is 1110 g/mol. The summed E-state index contributed by atoms with van der Waals surface area (Å²) in [5.41, 5.74) is 7.81. The fourth-order valence-corrected chi connectivity index (χ4v) is 15.4. The number of aromatic nitrogens is 4. The maximum absolute atomic E-state index is 19.3. The van der Waals surface area contributed by atoms with Gasteiger partial charge in [-0.15, -0.1) is 0 Å². The minimum atomic E-state index is -0.670. The molecule has 0 saturated heterocycles. The Hall–Kier alpha value is -1.28. The third-order valence-electron chi connectivity index (χ3n) is 14.7. The molecule has 7 rings (SSSR count). The number of fused-ring (bicyclic) bond motifs is 10. The van der Waals surface area contributed by atoms with Crippen molar-refractivity contribution in [3.05, 3.63) is 55.0 Å². The molecule has 0 unspecified atom stereocenters. The fraction of sp³-hybridized carbons (Fsp3) is 0.654. The van der Waals surface area contributed by atoms with Gasteiger partial charge in [0.2, 0.25) is 0 Å². The van der Waals surface area contributed by atoms with E-state index in [-0.39, 0.29) is 41.6 Å². The van der Waals surface area contributed by atoms with Gasteiger partial charge in [0.05, 0.1) is 0 Å². The maximum atomic E-state index is 19.3. The Morgan fingerprint density at radius 3 is 0.984 bits per heavy atom. The number of rotatable bonds is 28. The molecule has 2 aliphatic carbocycles. The zero-order valence-corrected chi connectivity index (χ0v) is 44.7. The number of benzene rings is 3. The van der Waals surface area contributed by atoms with Gasteiger partial charge in [-0.05, 0) is 0 Å². The standard InChI is InChI=1S/C52H70Br2F2N4Se2/c1-5-9-13-17-21-25-29-51(30-26-22-18-14-10-6-2)35-33-37(53)47-49(59-61-57-47)39(35)41-43(51)45(55)42-40-36(34-38(54)48-50(40)60-62-58-48)52(44(42)46(41)56,31-27-23-19-15-11-7-3)32-28-24-20-16-12-8-4/h33-34H,5-32H2,1-4H3. The van der Waals surface area contributed by atoms with E-state index in [0.717, 1.165) is 130 Å². The smallest absolute Gasteiger partial charge is 0.0654 e. The SMILES string of the molecule is CCCCCCCCC1(CCCCCCCC)c2cc(Br)c3n[se]nc3c2-c2c(F)c3c(c(F)c21)-c1c(cc(Br)c2n[se]nc12)C3(CCCCCCCC)CCCCCCCC. The van der Waals surface area contributed by atoms with Crippen LogP contribution in [0.4, 0.5) is 8.78 Å². The van der Waals surface area contributed by atoms with Crippen LogP contribution in [0, 0.1) is 11.6 Å². The zero-order chi connectivity index (χ0) is 43.7. The minimum absolute atomic E-state index is 0.206. The van der Waals surface area contributed by atoms with E-state index in [9.17, 15) is 0 Å². The van der Waals surface area contributed by atoms with E-state index in [1.165, 1.54) is 103 Å². The summed E-state index contributed by atoms with van der Waals surface area (Å²) in [6.45, 7) is 9.04. The van der Waals surface area contributed by atoms with Gasteiger partial charge in [-0.3, -0.25) is 0 Å². The Bertz CT molecular complexity index is 2080. The summed E-state index contributed by atoms with van der Waals surface area (Å²) >= 11 is 7.21. The second-order valence-corrected chi connectivity index (χ2v) is 22.8. The van der Waals surface area contributed by atoms with Gasteiger partial charge >= 0.3 is 376 Å². The first kappa shape index (κ1) is 48.6. The molecule has 10 heteroatoms. The number of unbranched alkanes of at least 4 members (excludes halogenated alkanes) is 20. The average Bonchev–Trinajstić information content (AvgIpc) is 4.07. The number of nitrogens with zero attached hydrogens (tertiary/aromatic N) is 4. The van der Waals surface area contributed by atoms with Crippen molar-refractivity contribution < 1.29 is 8.78 Å². The van der Waals surface area contributed by atoms with E-state index < -0.39 is 10.8 Å². The molecule has 0 N–H and O–H groups in total. The predicted molar refractivity (Wildman–Crippen MR) is 266 cm³/mol. The molecular weight excluding hydrogens is 1040 g/mol. The van der Waals surface area contributed by atoms with Crippen molar-refractivity contribution in [1.29, 1.82) is 0 Å². The molecule has 2 aromatic heterocycles. The van der Waals surface area contributed by atoms with Crippen LogP contribution < -0.4 is 0 Å². The Balaban J connectivity index is 1.47. The minimum Gasteiger partial charge on any atom is -0.0654 e. The van der Waals surface area contributed by atoms with Crippen LogP contribution in [0.3, 0.4) is 0 Å². The van der Waals surface area contributed by atoms with Crippen LogP contribution in [-0.4, -0.2) is 45.8 Å².